The van der Waals surface area contributed by atoms with E-state index in [-0.39, 0.29) is 0 Å². The zero-order chi connectivity index (χ0) is 13.9. The Labute approximate surface area is 119 Å². The predicted molar refractivity (Wildman–Crippen MR) is 82.3 cm³/mol. The van der Waals surface area contributed by atoms with E-state index >= 15 is 0 Å². The van der Waals surface area contributed by atoms with Gasteiger partial charge >= 0.3 is 0 Å². The number of nitrogens with two attached hydrogens (primary N) is 1. The molecule has 1 aliphatic heterocycles. The Bertz CT molecular complexity index is 599. The number of anilines is 1. The van der Waals surface area contributed by atoms with Crippen LogP contribution in [0.4, 0.5) is 5.82 Å². The molecule has 2 heterocycles. The molecule has 0 aliphatic carbocycles. The number of pyridine rings is 1. The summed E-state index contributed by atoms with van der Waals surface area (Å²) in [5, 5.41) is 2.29. The molecule has 1 unspecified atom stereocenters. The lowest BCUT2D eigenvalue weighted by molar-refractivity contribution is 0.420. The smallest absolute Gasteiger partial charge is 0.136 e. The Morgan fingerprint density at radius 1 is 1.35 bits per heavy atom. The number of benzene rings is 1. The van der Waals surface area contributed by atoms with Crippen LogP contribution in [0.25, 0.3) is 10.8 Å². The number of hydrogen-bond donors (Lipinski definition) is 1. The zero-order valence-corrected chi connectivity index (χ0v) is 11.9. The largest absolute Gasteiger partial charge is 0.496 e. The molecule has 0 bridgehead atoms. The van der Waals surface area contributed by atoms with Crippen molar-refractivity contribution in [3.05, 3.63) is 30.5 Å². The molecule has 3 rings (SSSR count). The summed E-state index contributed by atoms with van der Waals surface area (Å²) in [6, 6.07) is 8.16. The first-order valence-electron chi connectivity index (χ1n) is 7.20. The highest BCUT2D eigenvalue weighted by atomic mass is 16.5. The summed E-state index contributed by atoms with van der Waals surface area (Å²) in [5.41, 5.74) is 5.67. The van der Waals surface area contributed by atoms with Gasteiger partial charge in [-0.3, -0.25) is 0 Å². The van der Waals surface area contributed by atoms with E-state index in [9.17, 15) is 0 Å². The monoisotopic (exact) mass is 271 g/mol. The van der Waals surface area contributed by atoms with E-state index < -0.39 is 0 Å². The van der Waals surface area contributed by atoms with Crippen LogP contribution in [0.2, 0.25) is 0 Å². The molecule has 2 aromatic rings. The highest BCUT2D eigenvalue weighted by Crippen LogP contribution is 2.33. The molecular weight excluding hydrogens is 250 g/mol. The van der Waals surface area contributed by atoms with Crippen LogP contribution in [0, 0.1) is 5.92 Å². The summed E-state index contributed by atoms with van der Waals surface area (Å²) in [6.45, 7) is 2.89. The summed E-state index contributed by atoms with van der Waals surface area (Å²) in [4.78, 5) is 6.98. The van der Waals surface area contributed by atoms with Gasteiger partial charge in [0.2, 0.25) is 0 Å². The standard InChI is InChI=1S/C16H21N3O/c1-20-15-4-2-3-14-13(15)6-9-18-16(14)19-10-7-12(11-19)5-8-17/h2-4,6,9,12H,5,7-8,10-11,17H2,1H3. The van der Waals surface area contributed by atoms with Crippen LogP contribution in [-0.2, 0) is 0 Å². The molecular formula is C16H21N3O. The number of rotatable bonds is 4. The SMILES string of the molecule is COc1cccc2c(N3CCC(CCN)C3)nccc12. The van der Waals surface area contributed by atoms with Crippen molar-refractivity contribution in [1.82, 2.24) is 4.98 Å². The second-order valence-corrected chi connectivity index (χ2v) is 5.37. The summed E-state index contributed by atoms with van der Waals surface area (Å²) < 4.78 is 5.44. The topological polar surface area (TPSA) is 51.4 Å². The Kier molecular flexibility index (Phi) is 3.74. The van der Waals surface area contributed by atoms with Crippen molar-refractivity contribution in [3.8, 4) is 5.75 Å². The van der Waals surface area contributed by atoms with Gasteiger partial charge in [-0.15, -0.1) is 0 Å². The zero-order valence-electron chi connectivity index (χ0n) is 11.9. The highest BCUT2D eigenvalue weighted by molar-refractivity contribution is 5.96. The average molecular weight is 271 g/mol. The molecule has 1 atom stereocenters. The van der Waals surface area contributed by atoms with E-state index in [0.717, 1.165) is 43.0 Å². The summed E-state index contributed by atoms with van der Waals surface area (Å²) >= 11 is 0. The fourth-order valence-corrected chi connectivity index (χ4v) is 3.09. The van der Waals surface area contributed by atoms with E-state index in [4.69, 9.17) is 10.5 Å². The van der Waals surface area contributed by atoms with Crippen molar-refractivity contribution < 1.29 is 4.74 Å². The minimum absolute atomic E-state index is 0.697. The Morgan fingerprint density at radius 2 is 2.25 bits per heavy atom. The van der Waals surface area contributed by atoms with Crippen LogP contribution in [-0.4, -0.2) is 31.7 Å². The summed E-state index contributed by atoms with van der Waals surface area (Å²) in [5.74, 6) is 2.67. The number of hydrogen-bond acceptors (Lipinski definition) is 4. The van der Waals surface area contributed by atoms with Crippen molar-refractivity contribution in [1.29, 1.82) is 0 Å². The minimum Gasteiger partial charge on any atom is -0.496 e. The first kappa shape index (κ1) is 13.2. The fourth-order valence-electron chi connectivity index (χ4n) is 3.09. The number of methoxy groups -OCH3 is 1. The van der Waals surface area contributed by atoms with Gasteiger partial charge in [0.15, 0.2) is 0 Å². The third-order valence-corrected chi connectivity index (χ3v) is 4.13. The normalized spacial score (nSPS) is 18.7. The fraction of sp³-hybridized carbons (Fsp3) is 0.438. The highest BCUT2D eigenvalue weighted by Gasteiger charge is 2.24. The average Bonchev–Trinajstić information content (AvgIpc) is 2.95. The van der Waals surface area contributed by atoms with Gasteiger partial charge in [-0.25, -0.2) is 4.98 Å². The van der Waals surface area contributed by atoms with Crippen molar-refractivity contribution >= 4 is 16.6 Å². The first-order chi connectivity index (χ1) is 9.83. The van der Waals surface area contributed by atoms with Crippen LogP contribution in [0.3, 0.4) is 0 Å². The molecule has 20 heavy (non-hydrogen) atoms. The Hall–Kier alpha value is -1.81. The van der Waals surface area contributed by atoms with Crippen LogP contribution in [0.5, 0.6) is 5.75 Å². The van der Waals surface area contributed by atoms with Gasteiger partial charge in [-0.1, -0.05) is 12.1 Å². The van der Waals surface area contributed by atoms with Gasteiger partial charge in [-0.2, -0.15) is 0 Å². The molecule has 1 fully saturated rings. The Morgan fingerprint density at radius 3 is 3.05 bits per heavy atom. The number of nitrogens with zero attached hydrogens (tertiary/aromatic N) is 2. The third kappa shape index (κ3) is 2.31. The third-order valence-electron chi connectivity index (χ3n) is 4.13. The molecule has 4 heteroatoms. The lowest BCUT2D eigenvalue weighted by Crippen LogP contribution is -2.21. The number of ether oxygens (including phenoxy) is 1. The van der Waals surface area contributed by atoms with Crippen LogP contribution >= 0.6 is 0 Å². The molecule has 0 amide bonds. The second-order valence-electron chi connectivity index (χ2n) is 5.37. The number of fused-ring (bicyclic) bond motifs is 1. The van der Waals surface area contributed by atoms with Gasteiger partial charge in [0, 0.05) is 30.1 Å². The van der Waals surface area contributed by atoms with Crippen molar-refractivity contribution in [3.63, 3.8) is 0 Å². The molecule has 0 saturated carbocycles. The van der Waals surface area contributed by atoms with E-state index in [2.05, 4.69) is 16.0 Å². The van der Waals surface area contributed by atoms with Crippen LogP contribution in [0.1, 0.15) is 12.8 Å². The van der Waals surface area contributed by atoms with Gasteiger partial charge in [0.25, 0.3) is 0 Å². The Balaban J connectivity index is 1.96. The molecule has 2 N–H and O–H groups in total. The summed E-state index contributed by atoms with van der Waals surface area (Å²) in [6.07, 6.45) is 4.18. The van der Waals surface area contributed by atoms with E-state index in [1.54, 1.807) is 7.11 Å². The van der Waals surface area contributed by atoms with Gasteiger partial charge < -0.3 is 15.4 Å². The number of aromatic nitrogens is 1. The lowest BCUT2D eigenvalue weighted by atomic mass is 10.1. The predicted octanol–water partition coefficient (Wildman–Crippen LogP) is 2.42. The van der Waals surface area contributed by atoms with Crippen LogP contribution < -0.4 is 15.4 Å². The quantitative estimate of drug-likeness (QED) is 0.928. The molecule has 106 valence electrons. The van der Waals surface area contributed by atoms with Crippen LogP contribution in [0.15, 0.2) is 30.5 Å². The maximum Gasteiger partial charge on any atom is 0.136 e. The molecule has 1 aromatic heterocycles. The second kappa shape index (κ2) is 5.67. The molecule has 0 radical (unpaired) electrons. The van der Waals surface area contributed by atoms with E-state index in [0.29, 0.717) is 5.92 Å². The molecule has 1 saturated heterocycles. The van der Waals surface area contributed by atoms with Crippen molar-refractivity contribution in [2.75, 3.05) is 31.6 Å². The van der Waals surface area contributed by atoms with Crippen molar-refractivity contribution in [2.45, 2.75) is 12.8 Å². The minimum atomic E-state index is 0.697. The molecule has 4 nitrogen and oxygen atoms in total. The molecule has 1 aromatic carbocycles. The van der Waals surface area contributed by atoms with Gasteiger partial charge in [0.1, 0.15) is 11.6 Å². The van der Waals surface area contributed by atoms with Crippen molar-refractivity contribution in [2.24, 2.45) is 11.7 Å². The maximum atomic E-state index is 5.67. The van der Waals surface area contributed by atoms with Gasteiger partial charge in [0.05, 0.1) is 7.11 Å². The van der Waals surface area contributed by atoms with E-state index in [1.165, 1.54) is 11.8 Å². The first-order valence-corrected chi connectivity index (χ1v) is 7.20. The summed E-state index contributed by atoms with van der Waals surface area (Å²) in [7, 11) is 1.71. The maximum absolute atomic E-state index is 5.67. The molecule has 0 spiro atoms. The lowest BCUT2D eigenvalue weighted by Gasteiger charge is -2.20. The van der Waals surface area contributed by atoms with E-state index in [1.807, 2.05) is 24.4 Å². The molecule has 1 aliphatic rings. The van der Waals surface area contributed by atoms with Gasteiger partial charge in [-0.05, 0) is 37.4 Å².